The van der Waals surface area contributed by atoms with Gasteiger partial charge in [-0.3, -0.25) is 4.57 Å². The Morgan fingerprint density at radius 3 is 1.15 bits per heavy atom. The Morgan fingerprint density at radius 1 is 0.292 bits per heavy atom. The number of hydrogen-bond donors (Lipinski definition) is 0. The van der Waals surface area contributed by atoms with Crippen molar-refractivity contribution >= 4 is 21.8 Å². The zero-order chi connectivity index (χ0) is 31.9. The van der Waals surface area contributed by atoms with Crippen molar-refractivity contribution in [3.05, 3.63) is 182 Å². The maximum Gasteiger partial charge on any atom is 0.168 e. The van der Waals surface area contributed by atoms with E-state index in [0.717, 1.165) is 34.2 Å². The molecule has 226 valence electrons. The first-order valence-corrected chi connectivity index (χ1v) is 16.2. The van der Waals surface area contributed by atoms with Gasteiger partial charge in [0.15, 0.2) is 11.6 Å². The van der Waals surface area contributed by atoms with E-state index in [9.17, 15) is 0 Å². The summed E-state index contributed by atoms with van der Waals surface area (Å²) < 4.78 is 4.51. The summed E-state index contributed by atoms with van der Waals surface area (Å²) >= 11 is 0. The first-order chi connectivity index (χ1) is 23.8. The monoisotopic (exact) mass is 614 g/mol. The van der Waals surface area contributed by atoms with Crippen molar-refractivity contribution in [1.29, 1.82) is 0 Å². The molecule has 0 aliphatic rings. The zero-order valence-corrected chi connectivity index (χ0v) is 26.1. The summed E-state index contributed by atoms with van der Waals surface area (Å²) in [6, 6.07) is 64.1. The molecule has 48 heavy (non-hydrogen) atoms. The number of aromatic nitrogens is 4. The van der Waals surface area contributed by atoms with Crippen LogP contribution in [-0.4, -0.2) is 19.3 Å². The third kappa shape index (κ3) is 4.79. The highest BCUT2D eigenvalue weighted by Gasteiger charge is 2.19. The molecule has 0 N–H and O–H groups in total. The van der Waals surface area contributed by atoms with Crippen molar-refractivity contribution in [2.45, 2.75) is 0 Å². The largest absolute Gasteiger partial charge is 0.309 e. The van der Waals surface area contributed by atoms with Crippen molar-refractivity contribution in [1.82, 2.24) is 19.3 Å². The van der Waals surface area contributed by atoms with Crippen LogP contribution in [0.1, 0.15) is 0 Å². The van der Waals surface area contributed by atoms with Crippen LogP contribution >= 0.6 is 0 Å². The molecule has 4 heteroatoms. The van der Waals surface area contributed by atoms with Gasteiger partial charge in [0.05, 0.1) is 11.0 Å². The number of benzene rings is 7. The van der Waals surface area contributed by atoms with Gasteiger partial charge >= 0.3 is 0 Å². The molecule has 0 bridgehead atoms. The van der Waals surface area contributed by atoms with Gasteiger partial charge < -0.3 is 4.57 Å². The summed E-state index contributed by atoms with van der Waals surface area (Å²) in [6.45, 7) is 0. The number of para-hydroxylation sites is 1. The fourth-order valence-electron chi connectivity index (χ4n) is 6.75. The summed E-state index contributed by atoms with van der Waals surface area (Å²) in [7, 11) is 0. The predicted octanol–water partition coefficient (Wildman–Crippen LogP) is 11.0. The molecule has 9 rings (SSSR count). The Balaban J connectivity index is 1.20. The second-order valence-corrected chi connectivity index (χ2v) is 12.0. The van der Waals surface area contributed by atoms with Crippen LogP contribution in [0.3, 0.4) is 0 Å². The normalized spacial score (nSPS) is 11.3. The molecule has 0 saturated heterocycles. The molecule has 0 fully saturated rings. The van der Waals surface area contributed by atoms with Crippen LogP contribution in [0.2, 0.25) is 0 Å². The third-order valence-corrected chi connectivity index (χ3v) is 9.07. The lowest BCUT2D eigenvalue weighted by Crippen LogP contribution is -2.00. The molecule has 9 aromatic rings. The molecule has 2 heterocycles. The molecule has 0 aliphatic heterocycles. The van der Waals surface area contributed by atoms with E-state index in [0.29, 0.717) is 0 Å². The van der Waals surface area contributed by atoms with E-state index in [2.05, 4.69) is 160 Å². The Morgan fingerprint density at radius 2 is 0.667 bits per heavy atom. The smallest absolute Gasteiger partial charge is 0.168 e. The maximum absolute atomic E-state index is 4.71. The molecule has 4 nitrogen and oxygen atoms in total. The molecule has 0 aliphatic carbocycles. The first-order valence-electron chi connectivity index (χ1n) is 16.2. The van der Waals surface area contributed by atoms with E-state index in [1.165, 1.54) is 44.1 Å². The van der Waals surface area contributed by atoms with Gasteiger partial charge in [-0.05, 0) is 82.9 Å². The van der Waals surface area contributed by atoms with Crippen molar-refractivity contribution < 1.29 is 0 Å². The van der Waals surface area contributed by atoms with Crippen molar-refractivity contribution in [3.8, 4) is 56.4 Å². The maximum atomic E-state index is 4.71. The summed E-state index contributed by atoms with van der Waals surface area (Å²) in [5.74, 6) is 1.61. The van der Waals surface area contributed by atoms with E-state index >= 15 is 0 Å². The first kappa shape index (κ1) is 27.8. The van der Waals surface area contributed by atoms with Gasteiger partial charge in [-0.15, -0.1) is 10.2 Å². The average Bonchev–Trinajstić information content (AvgIpc) is 3.76. The van der Waals surface area contributed by atoms with E-state index in [1.807, 2.05) is 36.4 Å². The molecule has 7 aromatic carbocycles. The Kier molecular flexibility index (Phi) is 6.76. The van der Waals surface area contributed by atoms with E-state index in [4.69, 9.17) is 5.10 Å². The lowest BCUT2D eigenvalue weighted by Gasteiger charge is -2.12. The van der Waals surface area contributed by atoms with Gasteiger partial charge in [0.2, 0.25) is 0 Å². The Labute approximate surface area is 278 Å². The minimum absolute atomic E-state index is 0.800. The van der Waals surface area contributed by atoms with Crippen LogP contribution in [0.4, 0.5) is 0 Å². The lowest BCUT2D eigenvalue weighted by atomic mass is 10.0. The van der Waals surface area contributed by atoms with E-state index in [-0.39, 0.29) is 0 Å². The highest BCUT2D eigenvalue weighted by molar-refractivity contribution is 6.11. The number of rotatable bonds is 6. The van der Waals surface area contributed by atoms with Crippen LogP contribution < -0.4 is 0 Å². The van der Waals surface area contributed by atoms with Crippen molar-refractivity contribution in [2.24, 2.45) is 0 Å². The standard InChI is InChI=1S/C44H30N4/c1-5-13-31(14-6-1)35-23-27-41-39(29-35)40-30-36(32-15-7-2-8-16-32)24-28-42(40)47(41)38-25-21-34(22-26-38)44-46-45-43(33-17-9-3-10-18-33)48(44)37-19-11-4-12-20-37/h1-30H. The van der Waals surface area contributed by atoms with Crippen LogP contribution in [-0.2, 0) is 0 Å². The molecule has 0 atom stereocenters. The van der Waals surface area contributed by atoms with Gasteiger partial charge in [-0.1, -0.05) is 121 Å². The van der Waals surface area contributed by atoms with E-state index < -0.39 is 0 Å². The highest BCUT2D eigenvalue weighted by atomic mass is 15.3. The second kappa shape index (κ2) is 11.7. The summed E-state index contributed by atoms with van der Waals surface area (Å²) in [5, 5.41) is 11.8. The SMILES string of the molecule is c1ccc(-c2ccc3c(c2)c2cc(-c4ccccc4)ccc2n3-c2ccc(-c3nnc(-c4ccccc4)n3-c3ccccc3)cc2)cc1. The summed E-state index contributed by atoms with van der Waals surface area (Å²) in [6.07, 6.45) is 0. The number of nitrogens with zero attached hydrogens (tertiary/aromatic N) is 4. The van der Waals surface area contributed by atoms with Crippen LogP contribution in [0.25, 0.3) is 78.2 Å². The highest BCUT2D eigenvalue weighted by Crippen LogP contribution is 2.38. The molecule has 0 spiro atoms. The topological polar surface area (TPSA) is 35.6 Å². The minimum atomic E-state index is 0.800. The molecule has 0 radical (unpaired) electrons. The fraction of sp³-hybridized carbons (Fsp3) is 0. The van der Waals surface area contributed by atoms with Crippen LogP contribution in [0.15, 0.2) is 182 Å². The molecular weight excluding hydrogens is 585 g/mol. The van der Waals surface area contributed by atoms with Crippen molar-refractivity contribution in [3.63, 3.8) is 0 Å². The molecule has 0 amide bonds. The van der Waals surface area contributed by atoms with E-state index in [1.54, 1.807) is 0 Å². The number of hydrogen-bond acceptors (Lipinski definition) is 2. The zero-order valence-electron chi connectivity index (χ0n) is 26.1. The minimum Gasteiger partial charge on any atom is -0.309 e. The van der Waals surface area contributed by atoms with Gasteiger partial charge in [-0.2, -0.15) is 0 Å². The Hall–Kier alpha value is -6.52. The molecular formula is C44H30N4. The second-order valence-electron chi connectivity index (χ2n) is 12.0. The van der Waals surface area contributed by atoms with Gasteiger partial charge in [0, 0.05) is 33.3 Å². The van der Waals surface area contributed by atoms with Gasteiger partial charge in [0.25, 0.3) is 0 Å². The van der Waals surface area contributed by atoms with Gasteiger partial charge in [0.1, 0.15) is 0 Å². The van der Waals surface area contributed by atoms with Crippen LogP contribution in [0, 0.1) is 0 Å². The quantitative estimate of drug-likeness (QED) is 0.187. The molecule has 0 unspecified atom stereocenters. The number of fused-ring (bicyclic) bond motifs is 3. The van der Waals surface area contributed by atoms with Crippen molar-refractivity contribution in [2.75, 3.05) is 0 Å². The lowest BCUT2D eigenvalue weighted by molar-refractivity contribution is 1.07. The van der Waals surface area contributed by atoms with Gasteiger partial charge in [-0.25, -0.2) is 0 Å². The Bertz CT molecular complexity index is 2420. The fourth-order valence-corrected chi connectivity index (χ4v) is 6.75. The average molecular weight is 615 g/mol. The third-order valence-electron chi connectivity index (χ3n) is 9.07. The summed E-state index contributed by atoms with van der Waals surface area (Å²) in [4.78, 5) is 0. The van der Waals surface area contributed by atoms with Crippen LogP contribution in [0.5, 0.6) is 0 Å². The predicted molar refractivity (Wildman–Crippen MR) is 197 cm³/mol. The summed E-state index contributed by atoms with van der Waals surface area (Å²) in [5.41, 5.74) is 11.3. The molecule has 0 saturated carbocycles. The molecule has 2 aromatic heterocycles.